The van der Waals surface area contributed by atoms with E-state index in [4.69, 9.17) is 10.9 Å². The van der Waals surface area contributed by atoms with E-state index >= 15 is 0 Å². The molecule has 6 heteroatoms. The van der Waals surface area contributed by atoms with Crippen LogP contribution in [0.2, 0.25) is 0 Å². The topological polar surface area (TPSA) is 88.5 Å². The average Bonchev–Trinajstić information content (AvgIpc) is 2.78. The molecule has 0 atom stereocenters. The van der Waals surface area contributed by atoms with Crippen LogP contribution < -0.4 is 11.2 Å². The summed E-state index contributed by atoms with van der Waals surface area (Å²) < 4.78 is 1.37. The fourth-order valence-corrected chi connectivity index (χ4v) is 1.36. The highest BCUT2D eigenvalue weighted by atomic mass is 16.5. The fourth-order valence-electron chi connectivity index (χ4n) is 1.36. The Morgan fingerprint density at radius 2 is 2.18 bits per heavy atom. The minimum Gasteiger partial charge on any atom is -0.396 e. The molecule has 0 radical (unpaired) electrons. The number of hydroxylamine groups is 1. The van der Waals surface area contributed by atoms with Gasteiger partial charge in [-0.05, 0) is 5.56 Å². The van der Waals surface area contributed by atoms with Crippen LogP contribution >= 0.6 is 0 Å². The number of benzene rings is 1. The Hall–Kier alpha value is -2.34. The number of aliphatic imine (C=N–C) groups is 1. The van der Waals surface area contributed by atoms with Crippen LogP contribution in [0.25, 0.3) is 0 Å². The molecule has 1 aromatic heterocycles. The summed E-state index contributed by atoms with van der Waals surface area (Å²) in [7, 11) is 0. The Morgan fingerprint density at radius 3 is 2.76 bits per heavy atom. The second kappa shape index (κ2) is 5.13. The molecule has 4 N–H and O–H groups in total. The lowest BCUT2D eigenvalue weighted by atomic mass is 10.2. The first-order chi connectivity index (χ1) is 8.29. The van der Waals surface area contributed by atoms with Crippen molar-refractivity contribution in [2.75, 3.05) is 5.73 Å². The van der Waals surface area contributed by atoms with Gasteiger partial charge in [-0.25, -0.2) is 15.2 Å². The minimum atomic E-state index is 0.227. The summed E-state index contributed by atoms with van der Waals surface area (Å²) in [4.78, 5) is 4.20. The van der Waals surface area contributed by atoms with E-state index in [-0.39, 0.29) is 5.96 Å². The fraction of sp³-hybridized carbons (Fsp3) is 0.0909. The molecule has 0 aliphatic carbocycles. The van der Waals surface area contributed by atoms with Crippen molar-refractivity contribution in [3.63, 3.8) is 0 Å². The number of aromatic nitrogens is 2. The van der Waals surface area contributed by atoms with Crippen LogP contribution in [-0.4, -0.2) is 20.9 Å². The van der Waals surface area contributed by atoms with E-state index in [1.807, 2.05) is 35.8 Å². The van der Waals surface area contributed by atoms with Crippen LogP contribution in [0, 0.1) is 0 Å². The van der Waals surface area contributed by atoms with Gasteiger partial charge in [0.25, 0.3) is 0 Å². The van der Waals surface area contributed by atoms with E-state index in [1.54, 1.807) is 6.20 Å². The van der Waals surface area contributed by atoms with Crippen LogP contribution in [0.15, 0.2) is 47.7 Å². The molecule has 1 aromatic carbocycles. The van der Waals surface area contributed by atoms with E-state index in [9.17, 15) is 0 Å². The largest absolute Gasteiger partial charge is 0.396 e. The van der Waals surface area contributed by atoms with Crippen molar-refractivity contribution < 1.29 is 5.21 Å². The standard InChI is InChI=1S/C11H13N5O/c12-10-7-14-16(8-10)11(15-17)13-6-9-4-2-1-3-5-9/h1-5,7-8,17H,6,12H2,(H,13,15). The molecule has 1 heterocycles. The van der Waals surface area contributed by atoms with Gasteiger partial charge in [0.05, 0.1) is 24.6 Å². The zero-order valence-corrected chi connectivity index (χ0v) is 9.11. The highest BCUT2D eigenvalue weighted by molar-refractivity contribution is 5.80. The van der Waals surface area contributed by atoms with Gasteiger partial charge >= 0.3 is 0 Å². The molecule has 6 nitrogen and oxygen atoms in total. The van der Waals surface area contributed by atoms with E-state index in [1.165, 1.54) is 10.9 Å². The molecule has 0 aliphatic heterocycles. The Bertz CT molecular complexity index is 506. The Kier molecular flexibility index (Phi) is 3.37. The highest BCUT2D eigenvalue weighted by Crippen LogP contribution is 2.02. The Labute approximate surface area is 98.4 Å². The maximum Gasteiger partial charge on any atom is 0.243 e. The molecule has 0 spiro atoms. The van der Waals surface area contributed by atoms with Gasteiger partial charge in [0.1, 0.15) is 0 Å². The van der Waals surface area contributed by atoms with E-state index in [2.05, 4.69) is 10.1 Å². The van der Waals surface area contributed by atoms with Crippen LogP contribution in [-0.2, 0) is 6.54 Å². The van der Waals surface area contributed by atoms with Crippen molar-refractivity contribution in [2.45, 2.75) is 6.54 Å². The van der Waals surface area contributed by atoms with Gasteiger partial charge in [-0.3, -0.25) is 5.21 Å². The van der Waals surface area contributed by atoms with Crippen LogP contribution in [0.3, 0.4) is 0 Å². The zero-order valence-electron chi connectivity index (χ0n) is 9.11. The summed E-state index contributed by atoms with van der Waals surface area (Å²) >= 11 is 0. The molecule has 0 unspecified atom stereocenters. The number of nitrogens with zero attached hydrogens (tertiary/aromatic N) is 3. The number of nitrogens with one attached hydrogen (secondary N) is 1. The van der Waals surface area contributed by atoms with Crippen LogP contribution in [0.5, 0.6) is 0 Å². The third-order valence-electron chi connectivity index (χ3n) is 2.17. The predicted molar refractivity (Wildman–Crippen MR) is 64.5 cm³/mol. The SMILES string of the molecule is Nc1cnn(C(=NCc2ccccc2)NO)c1. The molecule has 0 fully saturated rings. The van der Waals surface area contributed by atoms with Gasteiger partial charge in [0.2, 0.25) is 5.96 Å². The van der Waals surface area contributed by atoms with Gasteiger partial charge in [0, 0.05) is 0 Å². The first kappa shape index (κ1) is 11.2. The van der Waals surface area contributed by atoms with E-state index < -0.39 is 0 Å². The van der Waals surface area contributed by atoms with Crippen LogP contribution in [0.1, 0.15) is 5.56 Å². The maximum atomic E-state index is 8.98. The molecule has 88 valence electrons. The smallest absolute Gasteiger partial charge is 0.243 e. The number of hydrogen-bond donors (Lipinski definition) is 3. The molecule has 17 heavy (non-hydrogen) atoms. The number of rotatable bonds is 2. The van der Waals surface area contributed by atoms with Crippen molar-refractivity contribution in [3.05, 3.63) is 48.3 Å². The van der Waals surface area contributed by atoms with E-state index in [0.29, 0.717) is 12.2 Å². The third kappa shape index (κ3) is 2.82. The first-order valence-electron chi connectivity index (χ1n) is 5.08. The summed E-state index contributed by atoms with van der Waals surface area (Å²) in [6.07, 6.45) is 3.04. The van der Waals surface area contributed by atoms with Crippen molar-refractivity contribution in [2.24, 2.45) is 4.99 Å². The normalized spacial score (nSPS) is 11.5. The number of hydrogen-bond acceptors (Lipinski definition) is 4. The molecule has 0 amide bonds. The average molecular weight is 231 g/mol. The van der Waals surface area contributed by atoms with Crippen molar-refractivity contribution in [3.8, 4) is 0 Å². The number of anilines is 1. The lowest BCUT2D eigenvalue weighted by Gasteiger charge is -2.04. The second-order valence-electron chi connectivity index (χ2n) is 3.46. The van der Waals surface area contributed by atoms with Crippen molar-refractivity contribution in [1.29, 1.82) is 0 Å². The second-order valence-corrected chi connectivity index (χ2v) is 3.46. The molecular formula is C11H13N5O. The quantitative estimate of drug-likeness (QED) is 0.406. The minimum absolute atomic E-state index is 0.227. The van der Waals surface area contributed by atoms with Gasteiger partial charge in [-0.1, -0.05) is 30.3 Å². The van der Waals surface area contributed by atoms with Gasteiger partial charge in [-0.2, -0.15) is 5.10 Å². The Balaban J connectivity index is 2.14. The van der Waals surface area contributed by atoms with Gasteiger partial charge < -0.3 is 5.73 Å². The lowest BCUT2D eigenvalue weighted by Crippen LogP contribution is -2.28. The molecular weight excluding hydrogens is 218 g/mol. The molecule has 0 saturated carbocycles. The summed E-state index contributed by atoms with van der Waals surface area (Å²) in [5.74, 6) is 0.227. The van der Waals surface area contributed by atoms with Crippen molar-refractivity contribution >= 4 is 11.6 Å². The van der Waals surface area contributed by atoms with Crippen LogP contribution in [0.4, 0.5) is 5.69 Å². The third-order valence-corrected chi connectivity index (χ3v) is 2.17. The van der Waals surface area contributed by atoms with E-state index in [0.717, 1.165) is 5.56 Å². The first-order valence-corrected chi connectivity index (χ1v) is 5.08. The summed E-state index contributed by atoms with van der Waals surface area (Å²) in [6, 6.07) is 9.71. The molecule has 0 aliphatic rings. The molecule has 2 aromatic rings. The summed E-state index contributed by atoms with van der Waals surface area (Å²) in [5, 5.41) is 12.9. The van der Waals surface area contributed by atoms with Crippen molar-refractivity contribution in [1.82, 2.24) is 15.3 Å². The predicted octanol–water partition coefficient (Wildman–Crippen LogP) is 0.848. The Morgan fingerprint density at radius 1 is 1.41 bits per heavy atom. The van der Waals surface area contributed by atoms with Gasteiger partial charge in [-0.15, -0.1) is 0 Å². The molecule has 0 bridgehead atoms. The summed E-state index contributed by atoms with van der Waals surface area (Å²) in [6.45, 7) is 0.448. The maximum absolute atomic E-state index is 8.98. The zero-order chi connectivity index (χ0) is 12.1. The number of nitrogens with two attached hydrogens (primary N) is 1. The number of nitrogen functional groups attached to an aromatic ring is 1. The monoisotopic (exact) mass is 231 g/mol. The lowest BCUT2D eigenvalue weighted by molar-refractivity contribution is 0.228. The molecule has 2 rings (SSSR count). The summed E-state index contributed by atoms with van der Waals surface area (Å²) in [5.41, 5.74) is 9.08. The molecule has 0 saturated heterocycles. The highest BCUT2D eigenvalue weighted by Gasteiger charge is 2.02. The van der Waals surface area contributed by atoms with Gasteiger partial charge in [0.15, 0.2) is 0 Å².